The third kappa shape index (κ3) is 7.09. The summed E-state index contributed by atoms with van der Waals surface area (Å²) in [7, 11) is 1.97. The maximum absolute atomic E-state index is 6.01. The summed E-state index contributed by atoms with van der Waals surface area (Å²) in [6.45, 7) is 3.95. The molecule has 0 fully saturated rings. The molecular weight excluding hydrogens is 302 g/mol. The molecule has 0 radical (unpaired) electrons. The number of ether oxygens (including phenoxy) is 1. The molecule has 108 valence electrons. The minimum absolute atomic E-state index is 0.157. The molecule has 3 heteroatoms. The average Bonchev–Trinajstić information content (AvgIpc) is 2.42. The normalized spacial score (nSPS) is 12.6. The van der Waals surface area contributed by atoms with E-state index in [4.69, 9.17) is 4.74 Å². The van der Waals surface area contributed by atoms with Crippen LogP contribution in [0, 0.1) is 0 Å². The molecular formula is C16H26BrNO. The van der Waals surface area contributed by atoms with E-state index in [2.05, 4.69) is 52.4 Å². The Balaban J connectivity index is 2.34. The van der Waals surface area contributed by atoms with Gasteiger partial charge in [-0.1, -0.05) is 60.7 Å². The van der Waals surface area contributed by atoms with Gasteiger partial charge in [0.05, 0.1) is 6.10 Å². The first kappa shape index (κ1) is 16.7. The number of hydrogen-bond donors (Lipinski definition) is 1. The van der Waals surface area contributed by atoms with E-state index in [0.717, 1.165) is 24.0 Å². The summed E-state index contributed by atoms with van der Waals surface area (Å²) in [5, 5.41) is 3.21. The second-order valence-electron chi connectivity index (χ2n) is 4.88. The molecule has 1 aromatic carbocycles. The Morgan fingerprint density at radius 2 is 1.79 bits per heavy atom. The third-order valence-electron chi connectivity index (χ3n) is 3.20. The molecule has 19 heavy (non-hydrogen) atoms. The summed E-state index contributed by atoms with van der Waals surface area (Å²) >= 11 is 3.47. The molecule has 0 heterocycles. The number of benzene rings is 1. The van der Waals surface area contributed by atoms with Crippen molar-refractivity contribution in [3.8, 4) is 0 Å². The summed E-state index contributed by atoms with van der Waals surface area (Å²) in [5.74, 6) is 0. The molecule has 0 saturated carbocycles. The molecule has 0 aliphatic heterocycles. The lowest BCUT2D eigenvalue weighted by atomic mass is 10.1. The van der Waals surface area contributed by atoms with E-state index in [-0.39, 0.29) is 6.10 Å². The monoisotopic (exact) mass is 327 g/mol. The van der Waals surface area contributed by atoms with E-state index in [1.165, 1.54) is 31.2 Å². The summed E-state index contributed by atoms with van der Waals surface area (Å²) in [5.41, 5.74) is 1.24. The van der Waals surface area contributed by atoms with Crippen molar-refractivity contribution in [3.05, 3.63) is 34.3 Å². The maximum atomic E-state index is 6.01. The van der Waals surface area contributed by atoms with Gasteiger partial charge in [-0.2, -0.15) is 0 Å². The molecule has 0 spiro atoms. The predicted octanol–water partition coefficient (Wildman–Crippen LogP) is 4.70. The quantitative estimate of drug-likeness (QED) is 0.629. The van der Waals surface area contributed by atoms with E-state index in [0.29, 0.717) is 0 Å². The van der Waals surface area contributed by atoms with Gasteiger partial charge in [0.1, 0.15) is 0 Å². The van der Waals surface area contributed by atoms with Gasteiger partial charge in [0.25, 0.3) is 0 Å². The van der Waals surface area contributed by atoms with Crippen LogP contribution in [0.4, 0.5) is 0 Å². The lowest BCUT2D eigenvalue weighted by Gasteiger charge is -2.18. The van der Waals surface area contributed by atoms with Gasteiger partial charge >= 0.3 is 0 Å². The number of halogens is 1. The molecule has 1 N–H and O–H groups in total. The highest BCUT2D eigenvalue weighted by atomic mass is 79.9. The molecule has 1 unspecified atom stereocenters. The van der Waals surface area contributed by atoms with Crippen molar-refractivity contribution in [1.29, 1.82) is 0 Å². The first-order chi connectivity index (χ1) is 9.27. The second kappa shape index (κ2) is 10.4. The van der Waals surface area contributed by atoms with Crippen molar-refractivity contribution in [3.63, 3.8) is 0 Å². The number of hydrogen-bond acceptors (Lipinski definition) is 2. The summed E-state index contributed by atoms with van der Waals surface area (Å²) in [4.78, 5) is 0. The molecule has 0 saturated heterocycles. The van der Waals surface area contributed by atoms with E-state index < -0.39 is 0 Å². The molecule has 0 aliphatic carbocycles. The molecule has 0 aliphatic rings. The molecule has 2 nitrogen and oxygen atoms in total. The highest BCUT2D eigenvalue weighted by Crippen LogP contribution is 2.20. The molecule has 1 rings (SSSR count). The first-order valence-electron chi connectivity index (χ1n) is 7.29. The van der Waals surface area contributed by atoms with Gasteiger partial charge in [0.15, 0.2) is 0 Å². The molecule has 1 atom stereocenters. The van der Waals surface area contributed by atoms with E-state index in [9.17, 15) is 0 Å². The van der Waals surface area contributed by atoms with Crippen LogP contribution < -0.4 is 5.32 Å². The topological polar surface area (TPSA) is 21.3 Å². The predicted molar refractivity (Wildman–Crippen MR) is 85.5 cm³/mol. The zero-order valence-corrected chi connectivity index (χ0v) is 13.7. The number of likely N-dealkylation sites (N-methyl/N-ethyl adjacent to an activating group) is 1. The van der Waals surface area contributed by atoms with Crippen molar-refractivity contribution < 1.29 is 4.74 Å². The van der Waals surface area contributed by atoms with Gasteiger partial charge in [-0.15, -0.1) is 0 Å². The lowest BCUT2D eigenvalue weighted by Crippen LogP contribution is -2.20. The van der Waals surface area contributed by atoms with E-state index >= 15 is 0 Å². The van der Waals surface area contributed by atoms with Gasteiger partial charge < -0.3 is 10.1 Å². The minimum atomic E-state index is 0.157. The Morgan fingerprint density at radius 3 is 2.42 bits per heavy atom. The summed E-state index contributed by atoms with van der Waals surface area (Å²) in [6.07, 6.45) is 6.56. The van der Waals surface area contributed by atoms with Gasteiger partial charge in [-0.25, -0.2) is 0 Å². The van der Waals surface area contributed by atoms with Crippen molar-refractivity contribution >= 4 is 15.9 Å². The standard InChI is InChI=1S/C16H26BrNO/c1-3-4-5-6-7-12-19-16(13-18-2)14-8-10-15(17)11-9-14/h8-11,16,18H,3-7,12-13H2,1-2H3. The Morgan fingerprint density at radius 1 is 1.11 bits per heavy atom. The molecule has 1 aromatic rings. The van der Waals surface area contributed by atoms with Crippen molar-refractivity contribution in [1.82, 2.24) is 5.32 Å². The van der Waals surface area contributed by atoms with Crippen LogP contribution in [-0.4, -0.2) is 20.2 Å². The Labute approximate surface area is 126 Å². The summed E-state index contributed by atoms with van der Waals surface area (Å²) < 4.78 is 7.12. The van der Waals surface area contributed by atoms with Crippen LogP contribution >= 0.6 is 15.9 Å². The van der Waals surface area contributed by atoms with Gasteiger partial charge in [0.2, 0.25) is 0 Å². The van der Waals surface area contributed by atoms with Crippen molar-refractivity contribution in [2.75, 3.05) is 20.2 Å². The highest BCUT2D eigenvalue weighted by molar-refractivity contribution is 9.10. The van der Waals surface area contributed by atoms with Gasteiger partial charge in [0, 0.05) is 17.6 Å². The van der Waals surface area contributed by atoms with E-state index in [1.807, 2.05) is 7.05 Å². The first-order valence-corrected chi connectivity index (χ1v) is 8.09. The van der Waals surface area contributed by atoms with Crippen LogP contribution in [0.5, 0.6) is 0 Å². The molecule has 0 aromatic heterocycles. The van der Waals surface area contributed by atoms with Crippen molar-refractivity contribution in [2.45, 2.75) is 45.1 Å². The SMILES string of the molecule is CCCCCCCOC(CNC)c1ccc(Br)cc1. The zero-order chi connectivity index (χ0) is 13.9. The van der Waals surface area contributed by atoms with Crippen LogP contribution in [-0.2, 0) is 4.74 Å². The van der Waals surface area contributed by atoms with Crippen LogP contribution in [0.1, 0.15) is 50.7 Å². The van der Waals surface area contributed by atoms with E-state index in [1.54, 1.807) is 0 Å². The van der Waals surface area contributed by atoms with Gasteiger partial charge in [-0.05, 0) is 31.2 Å². The third-order valence-corrected chi connectivity index (χ3v) is 3.73. The van der Waals surface area contributed by atoms with Crippen LogP contribution in [0.15, 0.2) is 28.7 Å². The maximum Gasteiger partial charge on any atom is 0.0949 e. The number of nitrogens with one attached hydrogen (secondary N) is 1. The van der Waals surface area contributed by atoms with Crippen LogP contribution in [0.25, 0.3) is 0 Å². The van der Waals surface area contributed by atoms with Crippen LogP contribution in [0.3, 0.4) is 0 Å². The van der Waals surface area contributed by atoms with Gasteiger partial charge in [-0.3, -0.25) is 0 Å². The Kier molecular flexibility index (Phi) is 9.14. The largest absolute Gasteiger partial charge is 0.372 e. The number of rotatable bonds is 10. The molecule has 0 amide bonds. The number of unbranched alkanes of at least 4 members (excludes halogenated alkanes) is 4. The fraction of sp³-hybridized carbons (Fsp3) is 0.625. The second-order valence-corrected chi connectivity index (χ2v) is 5.80. The molecule has 0 bridgehead atoms. The van der Waals surface area contributed by atoms with Crippen molar-refractivity contribution in [2.24, 2.45) is 0 Å². The highest BCUT2D eigenvalue weighted by Gasteiger charge is 2.10. The Bertz CT molecular complexity index is 326. The Hall–Kier alpha value is -0.380. The minimum Gasteiger partial charge on any atom is -0.372 e. The lowest BCUT2D eigenvalue weighted by molar-refractivity contribution is 0.0511. The fourth-order valence-corrected chi connectivity index (χ4v) is 2.33. The average molecular weight is 328 g/mol. The smallest absolute Gasteiger partial charge is 0.0949 e. The summed E-state index contributed by atoms with van der Waals surface area (Å²) in [6, 6.07) is 8.40. The van der Waals surface area contributed by atoms with Crippen LogP contribution in [0.2, 0.25) is 0 Å². The zero-order valence-electron chi connectivity index (χ0n) is 12.1. The fourth-order valence-electron chi connectivity index (χ4n) is 2.07.